The molecule has 0 bridgehead atoms. The van der Waals surface area contributed by atoms with Crippen molar-refractivity contribution in [3.63, 3.8) is 0 Å². The summed E-state index contributed by atoms with van der Waals surface area (Å²) < 4.78 is 13.0. The number of halogens is 1. The van der Waals surface area contributed by atoms with E-state index >= 15 is 0 Å². The highest BCUT2D eigenvalue weighted by molar-refractivity contribution is 7.98. The molecule has 2 heterocycles. The molecule has 7 nitrogen and oxygen atoms in total. The van der Waals surface area contributed by atoms with Crippen molar-refractivity contribution < 1.29 is 14.3 Å². The molecule has 0 amide bonds. The standard InChI is InChI=1S/C24H25ClN4O3S/c1-5-32-19-11-10-16(12-20(19)31-4)22-21(15(3)30)14(2)26-23-27-24(28-29(22)23)33-13-17-8-6-7-9-18(17)25/h6-12,22H,5,13H2,1-4H3,(H,26,27,28). The zero-order valence-corrected chi connectivity index (χ0v) is 20.5. The second-order valence-electron chi connectivity index (χ2n) is 7.51. The lowest BCUT2D eigenvalue weighted by Gasteiger charge is -2.28. The molecule has 0 spiro atoms. The van der Waals surface area contributed by atoms with Crippen molar-refractivity contribution in [3.05, 3.63) is 69.9 Å². The summed E-state index contributed by atoms with van der Waals surface area (Å²) in [6, 6.07) is 12.9. The molecule has 1 N–H and O–H groups in total. The molecule has 1 unspecified atom stereocenters. The third-order valence-corrected chi connectivity index (χ3v) is 6.59. The van der Waals surface area contributed by atoms with Gasteiger partial charge in [-0.05, 0) is 50.1 Å². The zero-order valence-electron chi connectivity index (χ0n) is 18.9. The summed E-state index contributed by atoms with van der Waals surface area (Å²) in [4.78, 5) is 17.3. The van der Waals surface area contributed by atoms with Gasteiger partial charge in [0.15, 0.2) is 17.3 Å². The first-order valence-corrected chi connectivity index (χ1v) is 11.9. The number of benzene rings is 2. The van der Waals surface area contributed by atoms with Crippen LogP contribution in [-0.2, 0) is 10.5 Å². The van der Waals surface area contributed by atoms with Gasteiger partial charge in [-0.25, -0.2) is 4.68 Å². The Kier molecular flexibility index (Phi) is 6.95. The molecule has 0 fully saturated rings. The molecule has 33 heavy (non-hydrogen) atoms. The lowest BCUT2D eigenvalue weighted by Crippen LogP contribution is -2.27. The number of rotatable bonds is 8. The summed E-state index contributed by atoms with van der Waals surface area (Å²) in [5.74, 6) is 2.43. The van der Waals surface area contributed by atoms with Gasteiger partial charge in [0.05, 0.1) is 13.7 Å². The van der Waals surface area contributed by atoms with Crippen molar-refractivity contribution in [1.29, 1.82) is 0 Å². The number of ether oxygens (including phenoxy) is 2. The number of methoxy groups -OCH3 is 1. The van der Waals surface area contributed by atoms with Gasteiger partial charge >= 0.3 is 0 Å². The van der Waals surface area contributed by atoms with Crippen molar-refractivity contribution in [2.75, 3.05) is 19.0 Å². The Labute approximate surface area is 202 Å². The Balaban J connectivity index is 1.72. The molecule has 1 aliphatic heterocycles. The quantitative estimate of drug-likeness (QED) is 0.422. The van der Waals surface area contributed by atoms with Crippen LogP contribution in [0.1, 0.15) is 37.9 Å². The molecule has 1 atom stereocenters. The van der Waals surface area contributed by atoms with Crippen LogP contribution in [0.5, 0.6) is 11.5 Å². The van der Waals surface area contributed by atoms with E-state index in [2.05, 4.69) is 10.3 Å². The minimum Gasteiger partial charge on any atom is -0.493 e. The van der Waals surface area contributed by atoms with Gasteiger partial charge in [-0.3, -0.25) is 4.79 Å². The van der Waals surface area contributed by atoms with Gasteiger partial charge in [-0.15, -0.1) is 5.10 Å². The number of carbonyl (C=O) groups is 1. The number of Topliss-reactive ketones (excluding diaryl/α,β-unsaturated/α-hetero) is 1. The first-order valence-electron chi connectivity index (χ1n) is 10.5. The molecule has 2 aromatic carbocycles. The normalized spacial score (nSPS) is 15.1. The number of hydrogen-bond acceptors (Lipinski definition) is 7. The predicted octanol–water partition coefficient (Wildman–Crippen LogP) is 5.51. The van der Waals surface area contributed by atoms with E-state index in [1.807, 2.05) is 56.3 Å². The summed E-state index contributed by atoms with van der Waals surface area (Å²) in [6.45, 7) is 5.89. The molecule has 3 aromatic rings. The zero-order chi connectivity index (χ0) is 23.5. The third-order valence-electron chi connectivity index (χ3n) is 5.33. The van der Waals surface area contributed by atoms with Crippen LogP contribution in [0.15, 0.2) is 58.9 Å². The van der Waals surface area contributed by atoms with E-state index in [1.54, 1.807) is 18.7 Å². The van der Waals surface area contributed by atoms with Gasteiger partial charge in [0.1, 0.15) is 6.04 Å². The van der Waals surface area contributed by atoms with Crippen LogP contribution in [0.25, 0.3) is 0 Å². The summed E-state index contributed by atoms with van der Waals surface area (Å²) >= 11 is 7.78. The van der Waals surface area contributed by atoms with Crippen molar-refractivity contribution in [2.45, 2.75) is 37.7 Å². The predicted molar refractivity (Wildman–Crippen MR) is 130 cm³/mol. The van der Waals surface area contributed by atoms with E-state index in [-0.39, 0.29) is 5.78 Å². The Bertz CT molecular complexity index is 1220. The Hall–Kier alpha value is -2.97. The van der Waals surface area contributed by atoms with Crippen LogP contribution in [0, 0.1) is 0 Å². The van der Waals surface area contributed by atoms with Crippen LogP contribution >= 0.6 is 23.4 Å². The second-order valence-corrected chi connectivity index (χ2v) is 8.86. The smallest absolute Gasteiger partial charge is 0.227 e. The van der Waals surface area contributed by atoms with Gasteiger partial charge in [0.25, 0.3) is 0 Å². The number of nitrogens with one attached hydrogen (secondary N) is 1. The van der Waals surface area contributed by atoms with Crippen LogP contribution < -0.4 is 14.8 Å². The van der Waals surface area contributed by atoms with E-state index in [0.29, 0.717) is 45.6 Å². The van der Waals surface area contributed by atoms with E-state index < -0.39 is 6.04 Å². The molecule has 4 rings (SSSR count). The second kappa shape index (κ2) is 9.89. The van der Waals surface area contributed by atoms with Crippen LogP contribution in [-0.4, -0.2) is 34.3 Å². The van der Waals surface area contributed by atoms with Crippen LogP contribution in [0.4, 0.5) is 5.95 Å². The summed E-state index contributed by atoms with van der Waals surface area (Å²) in [5.41, 5.74) is 3.25. The van der Waals surface area contributed by atoms with E-state index in [0.717, 1.165) is 16.8 Å². The summed E-state index contributed by atoms with van der Waals surface area (Å²) in [6.07, 6.45) is 0. The van der Waals surface area contributed by atoms with E-state index in [4.69, 9.17) is 26.2 Å². The average Bonchev–Trinajstić information content (AvgIpc) is 3.20. The molecule has 172 valence electrons. The highest BCUT2D eigenvalue weighted by atomic mass is 35.5. The Morgan fingerprint density at radius 1 is 1.24 bits per heavy atom. The molecule has 0 saturated heterocycles. The third kappa shape index (κ3) is 4.72. The number of anilines is 1. The largest absolute Gasteiger partial charge is 0.493 e. The first kappa shape index (κ1) is 23.2. The lowest BCUT2D eigenvalue weighted by molar-refractivity contribution is -0.114. The van der Waals surface area contributed by atoms with Crippen molar-refractivity contribution in [2.24, 2.45) is 0 Å². The fourth-order valence-corrected chi connectivity index (χ4v) is 4.96. The van der Waals surface area contributed by atoms with E-state index in [9.17, 15) is 4.79 Å². The van der Waals surface area contributed by atoms with Gasteiger partial charge in [-0.1, -0.05) is 47.6 Å². The highest BCUT2D eigenvalue weighted by Crippen LogP contribution is 2.40. The summed E-state index contributed by atoms with van der Waals surface area (Å²) in [5, 5.41) is 9.28. The molecule has 9 heteroatoms. The van der Waals surface area contributed by atoms with E-state index in [1.165, 1.54) is 11.8 Å². The minimum absolute atomic E-state index is 0.0377. The first-order chi connectivity index (χ1) is 15.9. The fourth-order valence-electron chi connectivity index (χ4n) is 3.84. The molecule has 1 aromatic heterocycles. The maximum absolute atomic E-state index is 12.6. The van der Waals surface area contributed by atoms with Gasteiger partial charge in [-0.2, -0.15) is 4.98 Å². The number of nitrogens with zero attached hydrogens (tertiary/aromatic N) is 3. The number of aromatic nitrogens is 3. The van der Waals surface area contributed by atoms with Crippen molar-refractivity contribution in [3.8, 4) is 11.5 Å². The Morgan fingerprint density at radius 3 is 2.73 bits per heavy atom. The maximum atomic E-state index is 12.6. The molecule has 0 saturated carbocycles. The molecule has 0 aliphatic carbocycles. The number of carbonyl (C=O) groups excluding carboxylic acids is 1. The number of ketones is 1. The SMILES string of the molecule is CCOc1ccc(C2C(C(C)=O)=C(C)Nc3nc(SCc4ccccc4Cl)nn32)cc1OC. The topological polar surface area (TPSA) is 78.3 Å². The number of thioether (sulfide) groups is 1. The number of hydrogen-bond donors (Lipinski definition) is 1. The molecular formula is C24H25ClN4O3S. The molecule has 0 radical (unpaired) electrons. The van der Waals surface area contributed by atoms with Gasteiger partial charge in [0.2, 0.25) is 11.1 Å². The number of fused-ring (bicyclic) bond motifs is 1. The van der Waals surface area contributed by atoms with Gasteiger partial charge in [0, 0.05) is 22.0 Å². The van der Waals surface area contributed by atoms with Crippen LogP contribution in [0.2, 0.25) is 5.02 Å². The minimum atomic E-state index is -0.439. The van der Waals surface area contributed by atoms with Crippen molar-refractivity contribution >= 4 is 35.1 Å². The molecule has 1 aliphatic rings. The average molecular weight is 485 g/mol. The van der Waals surface area contributed by atoms with Crippen LogP contribution in [0.3, 0.4) is 0 Å². The fraction of sp³-hybridized carbons (Fsp3) is 0.292. The number of allylic oxidation sites excluding steroid dienone is 2. The highest BCUT2D eigenvalue weighted by Gasteiger charge is 2.33. The summed E-state index contributed by atoms with van der Waals surface area (Å²) in [7, 11) is 1.60. The van der Waals surface area contributed by atoms with Gasteiger partial charge < -0.3 is 14.8 Å². The Morgan fingerprint density at radius 2 is 2.03 bits per heavy atom. The van der Waals surface area contributed by atoms with Crippen molar-refractivity contribution in [1.82, 2.24) is 14.8 Å². The monoisotopic (exact) mass is 484 g/mol. The lowest BCUT2D eigenvalue weighted by atomic mass is 9.93. The molecular weight excluding hydrogens is 460 g/mol. The maximum Gasteiger partial charge on any atom is 0.227 e.